The molecule has 3 nitrogen and oxygen atoms in total. The Bertz CT molecular complexity index is 279. The lowest BCUT2D eigenvalue weighted by atomic mass is 10.2. The van der Waals surface area contributed by atoms with Crippen LogP contribution in [0.1, 0.15) is 11.7 Å². The topological polar surface area (TPSA) is 29.9 Å². The predicted molar refractivity (Wildman–Crippen MR) is 41.1 cm³/mol. The first-order chi connectivity index (χ1) is 5.96. The molecular formula is C7H10F3N3. The smallest absolute Gasteiger partial charge is 0.304 e. The molecule has 0 saturated carbocycles. The molecule has 0 aliphatic rings. The molecule has 0 aliphatic heterocycles. The summed E-state index contributed by atoms with van der Waals surface area (Å²) in [6.45, 7) is 0. The van der Waals surface area contributed by atoms with Crippen LogP contribution in [-0.2, 0) is 7.05 Å². The molecule has 6 heteroatoms. The predicted octanol–water partition coefficient (Wildman–Crippen LogP) is 1.24. The van der Waals surface area contributed by atoms with E-state index in [1.54, 1.807) is 0 Å². The third-order valence-corrected chi connectivity index (χ3v) is 1.77. The minimum Gasteiger partial charge on any atom is -0.304 e. The number of aryl methyl sites for hydroxylation is 1. The van der Waals surface area contributed by atoms with Crippen molar-refractivity contribution in [2.45, 2.75) is 12.2 Å². The van der Waals surface area contributed by atoms with Gasteiger partial charge in [0, 0.05) is 13.2 Å². The fraction of sp³-hybridized carbons (Fsp3) is 0.571. The Hall–Kier alpha value is -1.04. The van der Waals surface area contributed by atoms with Gasteiger partial charge in [-0.15, -0.1) is 0 Å². The molecule has 1 heterocycles. The lowest BCUT2D eigenvalue weighted by Crippen LogP contribution is -2.33. The van der Waals surface area contributed by atoms with Gasteiger partial charge in [-0.2, -0.15) is 18.3 Å². The molecule has 0 aromatic carbocycles. The summed E-state index contributed by atoms with van der Waals surface area (Å²) < 4.78 is 38.3. The molecule has 1 aromatic heterocycles. The van der Waals surface area contributed by atoms with Gasteiger partial charge in [0.1, 0.15) is 6.04 Å². The van der Waals surface area contributed by atoms with Crippen LogP contribution < -0.4 is 5.32 Å². The van der Waals surface area contributed by atoms with Crippen LogP contribution in [0.15, 0.2) is 12.3 Å². The maximum absolute atomic E-state index is 12.4. The average Bonchev–Trinajstić information content (AvgIpc) is 2.35. The number of nitrogens with one attached hydrogen (secondary N) is 1. The molecule has 1 aromatic rings. The molecule has 0 aliphatic carbocycles. The summed E-state index contributed by atoms with van der Waals surface area (Å²) in [7, 11) is 2.75. The van der Waals surface area contributed by atoms with Crippen molar-refractivity contribution in [2.75, 3.05) is 7.05 Å². The lowest BCUT2D eigenvalue weighted by molar-refractivity contribution is -0.157. The third-order valence-electron chi connectivity index (χ3n) is 1.77. The van der Waals surface area contributed by atoms with E-state index in [1.165, 1.54) is 31.0 Å². The molecule has 1 unspecified atom stereocenters. The molecule has 0 radical (unpaired) electrons. The zero-order valence-electron chi connectivity index (χ0n) is 7.26. The Morgan fingerprint density at radius 1 is 1.54 bits per heavy atom. The Morgan fingerprint density at radius 3 is 2.46 bits per heavy atom. The molecule has 0 fully saturated rings. The number of alkyl halides is 3. The fourth-order valence-corrected chi connectivity index (χ4v) is 1.15. The average molecular weight is 193 g/mol. The maximum Gasteiger partial charge on any atom is 0.409 e. The molecule has 13 heavy (non-hydrogen) atoms. The highest BCUT2D eigenvalue weighted by atomic mass is 19.4. The van der Waals surface area contributed by atoms with E-state index in [0.29, 0.717) is 0 Å². The second kappa shape index (κ2) is 3.37. The molecule has 0 spiro atoms. The Labute approximate surface area is 73.5 Å². The van der Waals surface area contributed by atoms with E-state index >= 15 is 0 Å². The van der Waals surface area contributed by atoms with Crippen molar-refractivity contribution in [3.63, 3.8) is 0 Å². The number of rotatable bonds is 2. The molecule has 0 amide bonds. The number of halogens is 3. The van der Waals surface area contributed by atoms with Crippen molar-refractivity contribution in [1.29, 1.82) is 0 Å². The van der Waals surface area contributed by atoms with Crippen molar-refractivity contribution in [1.82, 2.24) is 15.1 Å². The largest absolute Gasteiger partial charge is 0.409 e. The van der Waals surface area contributed by atoms with E-state index in [4.69, 9.17) is 0 Å². The van der Waals surface area contributed by atoms with Crippen LogP contribution in [0.2, 0.25) is 0 Å². The van der Waals surface area contributed by atoms with Gasteiger partial charge in [0.2, 0.25) is 0 Å². The SMILES string of the molecule is CNC(c1ccnn1C)C(F)(F)F. The summed E-state index contributed by atoms with van der Waals surface area (Å²) in [5, 5.41) is 5.88. The summed E-state index contributed by atoms with van der Waals surface area (Å²) >= 11 is 0. The zero-order valence-corrected chi connectivity index (χ0v) is 7.26. The summed E-state index contributed by atoms with van der Waals surface area (Å²) in [5.41, 5.74) is 0.106. The third kappa shape index (κ3) is 2.00. The van der Waals surface area contributed by atoms with Gasteiger partial charge < -0.3 is 5.32 Å². The molecule has 1 atom stereocenters. The summed E-state index contributed by atoms with van der Waals surface area (Å²) in [6, 6.07) is -0.311. The molecule has 1 N–H and O–H groups in total. The minimum absolute atomic E-state index is 0.106. The van der Waals surface area contributed by atoms with Crippen molar-refractivity contribution < 1.29 is 13.2 Å². The van der Waals surface area contributed by atoms with Crippen molar-refractivity contribution in [3.05, 3.63) is 18.0 Å². The Kier molecular flexibility index (Phi) is 2.60. The van der Waals surface area contributed by atoms with Crippen molar-refractivity contribution in [2.24, 2.45) is 7.05 Å². The van der Waals surface area contributed by atoms with Gasteiger partial charge in [-0.25, -0.2) is 0 Å². The highest BCUT2D eigenvalue weighted by molar-refractivity contribution is 5.08. The van der Waals surface area contributed by atoms with Crippen LogP contribution in [0.4, 0.5) is 13.2 Å². The van der Waals surface area contributed by atoms with Gasteiger partial charge in [-0.1, -0.05) is 0 Å². The van der Waals surface area contributed by atoms with Gasteiger partial charge in [-0.3, -0.25) is 4.68 Å². The number of hydrogen-bond acceptors (Lipinski definition) is 2. The van der Waals surface area contributed by atoms with Gasteiger partial charge >= 0.3 is 6.18 Å². The maximum atomic E-state index is 12.4. The van der Waals surface area contributed by atoms with Crippen LogP contribution in [0.3, 0.4) is 0 Å². The van der Waals surface area contributed by atoms with Gasteiger partial charge in [0.05, 0.1) is 5.69 Å². The molecule has 0 saturated heterocycles. The van der Waals surface area contributed by atoms with Crippen LogP contribution >= 0.6 is 0 Å². The van der Waals surface area contributed by atoms with E-state index in [2.05, 4.69) is 10.4 Å². The first kappa shape index (κ1) is 10.0. The molecular weight excluding hydrogens is 183 g/mol. The lowest BCUT2D eigenvalue weighted by Gasteiger charge is -2.19. The van der Waals surface area contributed by atoms with E-state index in [-0.39, 0.29) is 5.69 Å². The van der Waals surface area contributed by atoms with Crippen molar-refractivity contribution >= 4 is 0 Å². The van der Waals surface area contributed by atoms with Gasteiger partial charge in [0.15, 0.2) is 0 Å². The van der Waals surface area contributed by atoms with Crippen LogP contribution in [0.25, 0.3) is 0 Å². The fourth-order valence-electron chi connectivity index (χ4n) is 1.15. The molecule has 74 valence electrons. The monoisotopic (exact) mass is 193 g/mol. The quantitative estimate of drug-likeness (QED) is 0.765. The Balaban J connectivity index is 2.98. The first-order valence-electron chi connectivity index (χ1n) is 3.68. The highest BCUT2D eigenvalue weighted by Crippen LogP contribution is 2.31. The molecule has 0 bridgehead atoms. The van der Waals surface area contributed by atoms with Crippen LogP contribution in [0.5, 0.6) is 0 Å². The van der Waals surface area contributed by atoms with Crippen LogP contribution in [-0.4, -0.2) is 23.0 Å². The van der Waals surface area contributed by atoms with E-state index in [0.717, 1.165) is 0 Å². The Morgan fingerprint density at radius 2 is 2.15 bits per heavy atom. The second-order valence-electron chi connectivity index (χ2n) is 2.64. The number of nitrogens with zero attached hydrogens (tertiary/aromatic N) is 2. The summed E-state index contributed by atoms with van der Waals surface area (Å²) in [6.07, 6.45) is -2.95. The first-order valence-corrected chi connectivity index (χ1v) is 3.68. The van der Waals surface area contributed by atoms with Gasteiger partial charge in [-0.05, 0) is 13.1 Å². The normalized spacial score (nSPS) is 14.5. The second-order valence-corrected chi connectivity index (χ2v) is 2.64. The standard InChI is InChI=1S/C7H10F3N3/c1-11-6(7(8,9)10)5-3-4-12-13(5)2/h3-4,6,11H,1-2H3. The van der Waals surface area contributed by atoms with E-state index in [1.807, 2.05) is 0 Å². The van der Waals surface area contributed by atoms with Crippen molar-refractivity contribution in [3.8, 4) is 0 Å². The number of aromatic nitrogens is 2. The van der Waals surface area contributed by atoms with Gasteiger partial charge in [0.25, 0.3) is 0 Å². The van der Waals surface area contributed by atoms with Crippen LogP contribution in [0, 0.1) is 0 Å². The molecule has 1 rings (SSSR count). The van der Waals surface area contributed by atoms with E-state index < -0.39 is 12.2 Å². The summed E-state index contributed by atoms with van der Waals surface area (Å²) in [4.78, 5) is 0. The zero-order chi connectivity index (χ0) is 10.1. The number of hydrogen-bond donors (Lipinski definition) is 1. The minimum atomic E-state index is -4.29. The summed E-state index contributed by atoms with van der Waals surface area (Å²) in [5.74, 6) is 0. The van der Waals surface area contributed by atoms with E-state index in [9.17, 15) is 13.2 Å². The highest BCUT2D eigenvalue weighted by Gasteiger charge is 2.41.